The first-order chi connectivity index (χ1) is 11.3. The zero-order chi connectivity index (χ0) is 16.0. The summed E-state index contributed by atoms with van der Waals surface area (Å²) in [6.07, 6.45) is 1.60. The largest absolute Gasteiger partial charge is 0.480 e. The van der Waals surface area contributed by atoms with Crippen molar-refractivity contribution in [1.82, 2.24) is 4.98 Å². The number of benzene rings is 1. The van der Waals surface area contributed by atoms with Gasteiger partial charge in [0.1, 0.15) is 17.4 Å². The van der Waals surface area contributed by atoms with Crippen LogP contribution in [0.25, 0.3) is 22.6 Å². The maximum Gasteiger partial charge on any atom is 0.232 e. The first kappa shape index (κ1) is 14.0. The normalized spacial score (nSPS) is 14.9. The molecule has 0 spiro atoms. The number of hydrogen-bond acceptors (Lipinski definition) is 4. The van der Waals surface area contributed by atoms with Crippen molar-refractivity contribution >= 4 is 15.9 Å². The molecule has 23 heavy (non-hydrogen) atoms. The molecule has 0 saturated heterocycles. The first-order valence-corrected chi connectivity index (χ1v) is 7.97. The van der Waals surface area contributed by atoms with Gasteiger partial charge in [0.05, 0.1) is 23.9 Å². The highest BCUT2D eigenvalue weighted by atomic mass is 79.9. The van der Waals surface area contributed by atoms with Crippen molar-refractivity contribution < 1.29 is 9.15 Å². The number of ether oxygens (including phenoxy) is 1. The number of nitriles is 1. The summed E-state index contributed by atoms with van der Waals surface area (Å²) in [4.78, 5) is 4.55. The summed E-state index contributed by atoms with van der Waals surface area (Å²) in [5.41, 5.74) is 5.05. The lowest BCUT2D eigenvalue weighted by Crippen LogP contribution is -2.01. The topological polar surface area (TPSA) is 59.1 Å². The van der Waals surface area contributed by atoms with E-state index in [2.05, 4.69) is 33.0 Å². The number of methoxy groups -OCH3 is 1. The van der Waals surface area contributed by atoms with Crippen LogP contribution in [0.15, 0.2) is 47.1 Å². The lowest BCUT2D eigenvalue weighted by Gasteiger charge is -2.13. The number of rotatable bonds is 2. The molecule has 2 aromatic heterocycles. The first-order valence-electron chi connectivity index (χ1n) is 7.05. The summed E-state index contributed by atoms with van der Waals surface area (Å²) in [5.74, 6) is 0.949. The van der Waals surface area contributed by atoms with Gasteiger partial charge in [-0.15, -0.1) is 0 Å². The van der Waals surface area contributed by atoms with Crippen molar-refractivity contribution in [3.63, 3.8) is 0 Å². The van der Waals surface area contributed by atoms with Crippen LogP contribution in [0.3, 0.4) is 0 Å². The van der Waals surface area contributed by atoms with E-state index in [9.17, 15) is 5.26 Å². The van der Waals surface area contributed by atoms with Crippen LogP contribution >= 0.6 is 15.9 Å². The molecule has 1 aliphatic rings. The molecular weight excluding hydrogens is 356 g/mol. The Balaban J connectivity index is 2.13. The van der Waals surface area contributed by atoms with Gasteiger partial charge in [-0.05, 0) is 17.7 Å². The van der Waals surface area contributed by atoms with Crippen LogP contribution in [0.4, 0.5) is 0 Å². The Morgan fingerprint density at radius 1 is 1.26 bits per heavy atom. The maximum absolute atomic E-state index is 9.64. The van der Waals surface area contributed by atoms with Crippen LogP contribution in [-0.2, 0) is 0 Å². The minimum Gasteiger partial charge on any atom is -0.480 e. The second-order valence-corrected chi connectivity index (χ2v) is 6.09. The van der Waals surface area contributed by atoms with E-state index in [-0.39, 0.29) is 4.83 Å². The highest BCUT2D eigenvalue weighted by Crippen LogP contribution is 2.52. The molecule has 1 unspecified atom stereocenters. The molecule has 112 valence electrons. The number of hydrogen-bond donors (Lipinski definition) is 0. The van der Waals surface area contributed by atoms with Crippen LogP contribution in [-0.4, -0.2) is 12.1 Å². The van der Waals surface area contributed by atoms with E-state index in [0.717, 1.165) is 27.9 Å². The van der Waals surface area contributed by atoms with E-state index >= 15 is 0 Å². The van der Waals surface area contributed by atoms with E-state index in [1.54, 1.807) is 12.3 Å². The fourth-order valence-electron chi connectivity index (χ4n) is 3.05. The second kappa shape index (κ2) is 5.25. The molecule has 3 aromatic rings. The molecule has 0 radical (unpaired) electrons. The van der Waals surface area contributed by atoms with E-state index < -0.39 is 0 Å². The molecule has 1 aromatic carbocycles. The number of furan rings is 1. The van der Waals surface area contributed by atoms with Gasteiger partial charge < -0.3 is 9.15 Å². The molecule has 0 N–H and O–H groups in total. The van der Waals surface area contributed by atoms with E-state index in [0.29, 0.717) is 17.2 Å². The number of halogens is 1. The van der Waals surface area contributed by atoms with Gasteiger partial charge in [0.15, 0.2) is 0 Å². The summed E-state index contributed by atoms with van der Waals surface area (Å²) < 4.78 is 10.9. The number of alkyl halides is 1. The molecule has 0 saturated carbocycles. The third kappa shape index (κ3) is 1.92. The minimum absolute atomic E-state index is 0.0423. The maximum atomic E-state index is 9.64. The Kier molecular flexibility index (Phi) is 3.21. The standard InChI is InChI=1S/C18H11BrN2O2/c1-22-18-12(9-20)14(13-7-4-8-23-13)15-16(19)10-5-2-3-6-11(10)17(15)21-18/h2-8,16H,1H3. The highest BCUT2D eigenvalue weighted by Gasteiger charge is 2.34. The van der Waals surface area contributed by atoms with Crippen molar-refractivity contribution in [3.8, 4) is 34.5 Å². The smallest absolute Gasteiger partial charge is 0.232 e. The lowest BCUT2D eigenvalue weighted by atomic mass is 9.99. The van der Waals surface area contributed by atoms with Crippen molar-refractivity contribution in [1.29, 1.82) is 5.26 Å². The van der Waals surface area contributed by atoms with Gasteiger partial charge >= 0.3 is 0 Å². The summed E-state index contributed by atoms with van der Waals surface area (Å²) in [6, 6.07) is 13.9. The summed E-state index contributed by atoms with van der Waals surface area (Å²) in [6.45, 7) is 0. The SMILES string of the molecule is COc1nc2c(c(-c3ccco3)c1C#N)C(Br)c1ccccc1-2. The van der Waals surface area contributed by atoms with E-state index in [1.165, 1.54) is 7.11 Å². The van der Waals surface area contributed by atoms with E-state index in [4.69, 9.17) is 9.15 Å². The molecule has 5 heteroatoms. The minimum atomic E-state index is -0.0423. The summed E-state index contributed by atoms with van der Waals surface area (Å²) in [7, 11) is 1.52. The molecule has 4 nitrogen and oxygen atoms in total. The molecule has 0 aliphatic heterocycles. The van der Waals surface area contributed by atoms with Crippen LogP contribution in [0, 0.1) is 11.3 Å². The third-order valence-electron chi connectivity index (χ3n) is 4.02. The van der Waals surface area contributed by atoms with Gasteiger partial charge in [-0.1, -0.05) is 40.2 Å². The Labute approximate surface area is 141 Å². The molecule has 0 fully saturated rings. The molecule has 1 aliphatic carbocycles. The van der Waals surface area contributed by atoms with Crippen LogP contribution < -0.4 is 4.74 Å². The van der Waals surface area contributed by atoms with E-state index in [1.807, 2.05) is 24.3 Å². The second-order valence-electron chi connectivity index (χ2n) is 5.17. The fraction of sp³-hybridized carbons (Fsp3) is 0.111. The van der Waals surface area contributed by atoms with Gasteiger partial charge in [-0.2, -0.15) is 5.26 Å². The predicted octanol–water partition coefficient (Wildman–Crippen LogP) is 4.69. The molecule has 4 rings (SSSR count). The highest BCUT2D eigenvalue weighted by molar-refractivity contribution is 9.09. The Bertz CT molecular complexity index is 942. The van der Waals surface area contributed by atoms with Gasteiger partial charge in [0.25, 0.3) is 0 Å². The van der Waals surface area contributed by atoms with Crippen molar-refractivity contribution in [2.75, 3.05) is 7.11 Å². The Morgan fingerprint density at radius 2 is 2.09 bits per heavy atom. The van der Waals surface area contributed by atoms with Crippen LogP contribution in [0.1, 0.15) is 21.5 Å². The fourth-order valence-corrected chi connectivity index (χ4v) is 3.89. The summed E-state index contributed by atoms with van der Waals surface area (Å²) in [5, 5.41) is 9.64. The van der Waals surface area contributed by atoms with Crippen molar-refractivity contribution in [2.45, 2.75) is 4.83 Å². The van der Waals surface area contributed by atoms with Gasteiger partial charge in [0.2, 0.25) is 5.88 Å². The molecule has 1 atom stereocenters. The number of pyridine rings is 1. The predicted molar refractivity (Wildman–Crippen MR) is 89.4 cm³/mol. The monoisotopic (exact) mass is 366 g/mol. The summed E-state index contributed by atoms with van der Waals surface area (Å²) >= 11 is 3.75. The van der Waals surface area contributed by atoms with Gasteiger partial charge in [-0.25, -0.2) is 4.98 Å². The van der Waals surface area contributed by atoms with Crippen LogP contribution in [0.5, 0.6) is 5.88 Å². The zero-order valence-corrected chi connectivity index (χ0v) is 13.8. The third-order valence-corrected chi connectivity index (χ3v) is 4.97. The zero-order valence-electron chi connectivity index (χ0n) is 12.2. The average Bonchev–Trinajstić information content (AvgIpc) is 3.21. The molecular formula is C18H11BrN2O2. The van der Waals surface area contributed by atoms with Crippen LogP contribution in [0.2, 0.25) is 0 Å². The number of fused-ring (bicyclic) bond motifs is 3. The molecule has 2 heterocycles. The Hall–Kier alpha value is -2.58. The van der Waals surface area contributed by atoms with Gasteiger partial charge in [0, 0.05) is 16.7 Å². The average molecular weight is 367 g/mol. The van der Waals surface area contributed by atoms with Crippen molar-refractivity contribution in [2.24, 2.45) is 0 Å². The number of aromatic nitrogens is 1. The van der Waals surface area contributed by atoms with Gasteiger partial charge in [-0.3, -0.25) is 0 Å². The molecule has 0 bridgehead atoms. The lowest BCUT2D eigenvalue weighted by molar-refractivity contribution is 0.397. The number of nitrogens with zero attached hydrogens (tertiary/aromatic N) is 2. The molecule has 0 amide bonds. The Morgan fingerprint density at radius 3 is 2.78 bits per heavy atom. The van der Waals surface area contributed by atoms with Crippen molar-refractivity contribution in [3.05, 3.63) is 59.4 Å². The quantitative estimate of drug-likeness (QED) is 0.617.